The Morgan fingerprint density at radius 3 is 2.65 bits per heavy atom. The average molecular weight is 314 g/mol. The van der Waals surface area contributed by atoms with Crippen LogP contribution in [0.15, 0.2) is 6.20 Å². The number of aromatic nitrogens is 7. The molecule has 122 valence electrons. The molecular formula is C15H22N8. The standard InChI is InChI=1S/C15H22N8/c1-5-11(16)14-19-13(22(4)21-14)7-6-12-18-15-10(3)17-8-9(2)23(15)20-12/h8,11H,5-7,16H2,1-4H3. The van der Waals surface area contributed by atoms with Crippen molar-refractivity contribution in [3.63, 3.8) is 0 Å². The molecule has 0 aliphatic rings. The molecule has 8 nitrogen and oxygen atoms in total. The van der Waals surface area contributed by atoms with Crippen molar-refractivity contribution < 1.29 is 0 Å². The normalized spacial score (nSPS) is 12.9. The number of rotatable bonds is 5. The van der Waals surface area contributed by atoms with E-state index >= 15 is 0 Å². The van der Waals surface area contributed by atoms with Crippen molar-refractivity contribution in [2.24, 2.45) is 12.8 Å². The second-order valence-corrected chi connectivity index (χ2v) is 5.77. The summed E-state index contributed by atoms with van der Waals surface area (Å²) in [6, 6.07) is -0.111. The Kier molecular flexibility index (Phi) is 4.08. The second kappa shape index (κ2) is 6.04. The predicted octanol–water partition coefficient (Wildman–Crippen LogP) is 1.06. The molecule has 0 fully saturated rings. The highest BCUT2D eigenvalue weighted by Crippen LogP contribution is 2.12. The second-order valence-electron chi connectivity index (χ2n) is 5.77. The van der Waals surface area contributed by atoms with E-state index in [-0.39, 0.29) is 6.04 Å². The van der Waals surface area contributed by atoms with Gasteiger partial charge in [0.1, 0.15) is 5.82 Å². The Hall–Kier alpha value is -2.35. The molecule has 2 N–H and O–H groups in total. The van der Waals surface area contributed by atoms with E-state index in [9.17, 15) is 0 Å². The number of nitrogens with two attached hydrogens (primary N) is 1. The lowest BCUT2D eigenvalue weighted by Gasteiger charge is -2.00. The third kappa shape index (κ3) is 2.94. The summed E-state index contributed by atoms with van der Waals surface area (Å²) in [6.45, 7) is 5.94. The van der Waals surface area contributed by atoms with Gasteiger partial charge < -0.3 is 5.73 Å². The maximum atomic E-state index is 5.99. The van der Waals surface area contributed by atoms with Crippen LogP contribution in [0.1, 0.15) is 48.2 Å². The summed E-state index contributed by atoms with van der Waals surface area (Å²) in [6.07, 6.45) is 4.06. The minimum atomic E-state index is -0.111. The first-order chi connectivity index (χ1) is 11.0. The van der Waals surface area contributed by atoms with E-state index in [0.717, 1.165) is 41.5 Å². The van der Waals surface area contributed by atoms with E-state index < -0.39 is 0 Å². The highest BCUT2D eigenvalue weighted by molar-refractivity contribution is 5.43. The predicted molar refractivity (Wildman–Crippen MR) is 85.9 cm³/mol. The van der Waals surface area contributed by atoms with Crippen molar-refractivity contribution in [2.75, 3.05) is 0 Å². The minimum absolute atomic E-state index is 0.111. The number of hydrogen-bond acceptors (Lipinski definition) is 6. The van der Waals surface area contributed by atoms with Crippen molar-refractivity contribution in [3.8, 4) is 0 Å². The highest BCUT2D eigenvalue weighted by Gasteiger charge is 2.14. The molecule has 3 aromatic rings. The Bertz CT molecular complexity index is 792. The molecule has 3 rings (SSSR count). The van der Waals surface area contributed by atoms with Gasteiger partial charge in [-0.15, -0.1) is 0 Å². The maximum Gasteiger partial charge on any atom is 0.177 e. The lowest BCUT2D eigenvalue weighted by molar-refractivity contribution is 0.628. The fourth-order valence-corrected chi connectivity index (χ4v) is 2.46. The average Bonchev–Trinajstić information content (AvgIpc) is 3.13. The quantitative estimate of drug-likeness (QED) is 0.756. The molecule has 8 heteroatoms. The molecule has 3 aromatic heterocycles. The van der Waals surface area contributed by atoms with E-state index in [0.29, 0.717) is 12.2 Å². The molecule has 23 heavy (non-hydrogen) atoms. The zero-order valence-corrected chi connectivity index (χ0v) is 14.0. The smallest absolute Gasteiger partial charge is 0.177 e. The Labute approximate surface area is 134 Å². The lowest BCUT2D eigenvalue weighted by Crippen LogP contribution is -2.10. The third-order valence-corrected chi connectivity index (χ3v) is 3.97. The first-order valence-electron chi connectivity index (χ1n) is 7.82. The van der Waals surface area contributed by atoms with Crippen LogP contribution in [0.25, 0.3) is 5.65 Å². The molecule has 0 spiro atoms. The molecular weight excluding hydrogens is 292 g/mol. The van der Waals surface area contributed by atoms with Crippen LogP contribution in [0.5, 0.6) is 0 Å². The summed E-state index contributed by atoms with van der Waals surface area (Å²) in [4.78, 5) is 13.4. The van der Waals surface area contributed by atoms with Crippen molar-refractivity contribution >= 4 is 5.65 Å². The van der Waals surface area contributed by atoms with Gasteiger partial charge in [0.2, 0.25) is 0 Å². The molecule has 0 aliphatic heterocycles. The monoisotopic (exact) mass is 314 g/mol. The summed E-state index contributed by atoms with van der Waals surface area (Å²) in [5.41, 5.74) is 8.66. The van der Waals surface area contributed by atoms with Gasteiger partial charge in [0, 0.05) is 26.1 Å². The van der Waals surface area contributed by atoms with Crippen molar-refractivity contribution in [1.29, 1.82) is 0 Å². The first-order valence-corrected chi connectivity index (χ1v) is 7.82. The fourth-order valence-electron chi connectivity index (χ4n) is 2.46. The van der Waals surface area contributed by atoms with Crippen LogP contribution in [0.3, 0.4) is 0 Å². The van der Waals surface area contributed by atoms with Crippen LogP contribution in [0.2, 0.25) is 0 Å². The van der Waals surface area contributed by atoms with Crippen LogP contribution < -0.4 is 5.73 Å². The fraction of sp³-hybridized carbons (Fsp3) is 0.533. The third-order valence-electron chi connectivity index (χ3n) is 3.97. The van der Waals surface area contributed by atoms with E-state index in [2.05, 4.69) is 25.1 Å². The minimum Gasteiger partial charge on any atom is -0.321 e. The van der Waals surface area contributed by atoms with E-state index in [1.54, 1.807) is 4.68 Å². The van der Waals surface area contributed by atoms with Gasteiger partial charge in [-0.25, -0.2) is 14.5 Å². The molecule has 0 amide bonds. The van der Waals surface area contributed by atoms with Gasteiger partial charge in [-0.3, -0.25) is 9.67 Å². The van der Waals surface area contributed by atoms with Crippen LogP contribution in [-0.2, 0) is 19.9 Å². The number of fused-ring (bicyclic) bond motifs is 1. The molecule has 0 aliphatic carbocycles. The van der Waals surface area contributed by atoms with Crippen LogP contribution in [-0.4, -0.2) is 34.3 Å². The van der Waals surface area contributed by atoms with Gasteiger partial charge in [0.15, 0.2) is 17.3 Å². The molecule has 1 atom stereocenters. The molecule has 0 saturated heterocycles. The zero-order chi connectivity index (χ0) is 16.6. The van der Waals surface area contributed by atoms with Gasteiger partial charge in [0.05, 0.1) is 17.4 Å². The van der Waals surface area contributed by atoms with Crippen LogP contribution in [0.4, 0.5) is 0 Å². The van der Waals surface area contributed by atoms with Crippen LogP contribution in [0, 0.1) is 13.8 Å². The van der Waals surface area contributed by atoms with Gasteiger partial charge in [-0.05, 0) is 20.3 Å². The molecule has 0 radical (unpaired) electrons. The molecule has 0 saturated carbocycles. The van der Waals surface area contributed by atoms with Gasteiger partial charge in [-0.1, -0.05) is 6.92 Å². The molecule has 0 aromatic carbocycles. The first kappa shape index (κ1) is 15.5. The highest BCUT2D eigenvalue weighted by atomic mass is 15.3. The van der Waals surface area contributed by atoms with Gasteiger partial charge >= 0.3 is 0 Å². The zero-order valence-electron chi connectivity index (χ0n) is 14.0. The van der Waals surface area contributed by atoms with Crippen molar-refractivity contribution in [2.45, 2.75) is 46.1 Å². The van der Waals surface area contributed by atoms with Gasteiger partial charge in [0.25, 0.3) is 0 Å². The van der Waals surface area contributed by atoms with E-state index in [1.807, 2.05) is 38.5 Å². The number of hydrogen-bond donors (Lipinski definition) is 1. The van der Waals surface area contributed by atoms with Gasteiger partial charge in [-0.2, -0.15) is 10.2 Å². The summed E-state index contributed by atoms with van der Waals surface area (Å²) in [5, 5.41) is 8.95. The summed E-state index contributed by atoms with van der Waals surface area (Å²) >= 11 is 0. The molecule has 1 unspecified atom stereocenters. The maximum absolute atomic E-state index is 5.99. The largest absolute Gasteiger partial charge is 0.321 e. The summed E-state index contributed by atoms with van der Waals surface area (Å²) in [5.74, 6) is 2.38. The van der Waals surface area contributed by atoms with Crippen molar-refractivity contribution in [1.82, 2.24) is 34.3 Å². The lowest BCUT2D eigenvalue weighted by atomic mass is 10.2. The SMILES string of the molecule is CCC(N)c1nc(CCc2nc3c(C)ncc(C)n3n2)n(C)n1. The molecule has 0 bridgehead atoms. The Morgan fingerprint density at radius 2 is 1.96 bits per heavy atom. The van der Waals surface area contributed by atoms with E-state index in [4.69, 9.17) is 5.73 Å². The molecule has 3 heterocycles. The number of nitrogens with zero attached hydrogens (tertiary/aromatic N) is 7. The van der Waals surface area contributed by atoms with Crippen LogP contribution >= 0.6 is 0 Å². The number of aryl methyl sites for hydroxylation is 5. The topological polar surface area (TPSA) is 99.8 Å². The summed E-state index contributed by atoms with van der Waals surface area (Å²) in [7, 11) is 1.89. The van der Waals surface area contributed by atoms with E-state index in [1.165, 1.54) is 0 Å². The van der Waals surface area contributed by atoms with Crippen molar-refractivity contribution in [3.05, 3.63) is 35.1 Å². The summed E-state index contributed by atoms with van der Waals surface area (Å²) < 4.78 is 3.63. The Balaban J connectivity index is 1.80. The Morgan fingerprint density at radius 1 is 1.17 bits per heavy atom.